The monoisotopic (exact) mass is 321 g/mol. The van der Waals surface area contributed by atoms with E-state index < -0.39 is 0 Å². The molecular formula is C17H25N2O2S+. The van der Waals surface area contributed by atoms with Crippen LogP contribution in [0.1, 0.15) is 30.2 Å². The fourth-order valence-corrected chi connectivity index (χ4v) is 4.54. The van der Waals surface area contributed by atoms with Gasteiger partial charge in [-0.1, -0.05) is 12.1 Å². The molecule has 2 fully saturated rings. The zero-order valence-corrected chi connectivity index (χ0v) is 14.0. The molecule has 5 heteroatoms. The van der Waals surface area contributed by atoms with Crippen molar-refractivity contribution < 1.29 is 14.4 Å². The summed E-state index contributed by atoms with van der Waals surface area (Å²) in [5, 5.41) is 0.169. The van der Waals surface area contributed by atoms with E-state index in [1.165, 1.54) is 37.9 Å². The Bertz CT molecular complexity index is 500. The Labute approximate surface area is 136 Å². The molecule has 2 saturated heterocycles. The van der Waals surface area contributed by atoms with Crippen LogP contribution in [0.4, 0.5) is 0 Å². The molecule has 0 saturated carbocycles. The average molecular weight is 321 g/mol. The van der Waals surface area contributed by atoms with Crippen LogP contribution in [0.3, 0.4) is 0 Å². The number of hydrogen-bond acceptors (Lipinski definition) is 3. The Morgan fingerprint density at radius 2 is 1.95 bits per heavy atom. The number of carbonyl (C=O) groups is 1. The van der Waals surface area contributed by atoms with Crippen LogP contribution in [0.15, 0.2) is 24.3 Å². The number of carbonyl (C=O) groups excluding carboxylic acids is 1. The smallest absolute Gasteiger partial charge is 0.234 e. The SMILES string of the molecule is COc1ccc([C@H]2SCC(=O)N2CC[NH+]2CCCCC2)cc1. The zero-order valence-electron chi connectivity index (χ0n) is 13.2. The van der Waals surface area contributed by atoms with E-state index in [9.17, 15) is 4.79 Å². The van der Waals surface area contributed by atoms with Crippen LogP contribution in [-0.4, -0.2) is 49.8 Å². The molecule has 1 amide bonds. The van der Waals surface area contributed by atoms with Gasteiger partial charge in [0.25, 0.3) is 0 Å². The van der Waals surface area contributed by atoms with Crippen LogP contribution in [0, 0.1) is 0 Å². The number of likely N-dealkylation sites (tertiary alicyclic amines) is 1. The summed E-state index contributed by atoms with van der Waals surface area (Å²) in [6.07, 6.45) is 4.04. The molecule has 0 aliphatic carbocycles. The summed E-state index contributed by atoms with van der Waals surface area (Å²) in [5.41, 5.74) is 1.20. The summed E-state index contributed by atoms with van der Waals surface area (Å²) in [5.74, 6) is 1.75. The highest BCUT2D eigenvalue weighted by molar-refractivity contribution is 8.00. The van der Waals surface area contributed by atoms with Crippen molar-refractivity contribution in [3.63, 3.8) is 0 Å². The number of hydrogen-bond donors (Lipinski definition) is 1. The summed E-state index contributed by atoms with van der Waals surface area (Å²) in [6.45, 7) is 4.49. The van der Waals surface area contributed by atoms with Gasteiger partial charge in [-0.25, -0.2) is 0 Å². The third kappa shape index (κ3) is 3.58. The number of nitrogens with zero attached hydrogens (tertiary/aromatic N) is 1. The minimum Gasteiger partial charge on any atom is -0.497 e. The van der Waals surface area contributed by atoms with Crippen LogP contribution in [0.5, 0.6) is 5.75 Å². The minimum atomic E-state index is 0.169. The Morgan fingerprint density at radius 1 is 1.23 bits per heavy atom. The van der Waals surface area contributed by atoms with Crippen molar-refractivity contribution in [1.29, 1.82) is 0 Å². The number of quaternary nitrogens is 1. The van der Waals surface area contributed by atoms with Crippen molar-refractivity contribution in [2.45, 2.75) is 24.6 Å². The molecule has 0 bridgehead atoms. The van der Waals surface area contributed by atoms with E-state index in [-0.39, 0.29) is 11.3 Å². The number of nitrogens with one attached hydrogen (secondary N) is 1. The van der Waals surface area contributed by atoms with Gasteiger partial charge in [0, 0.05) is 0 Å². The second-order valence-electron chi connectivity index (χ2n) is 6.08. The van der Waals surface area contributed by atoms with Crippen molar-refractivity contribution in [3.05, 3.63) is 29.8 Å². The molecule has 0 unspecified atom stereocenters. The van der Waals surface area contributed by atoms with Gasteiger partial charge in [-0.15, -0.1) is 11.8 Å². The summed E-state index contributed by atoms with van der Waals surface area (Å²) in [7, 11) is 1.68. The lowest BCUT2D eigenvalue weighted by atomic mass is 10.1. The number of amides is 1. The predicted octanol–water partition coefficient (Wildman–Crippen LogP) is 1.34. The van der Waals surface area contributed by atoms with Crippen LogP contribution >= 0.6 is 11.8 Å². The van der Waals surface area contributed by atoms with Gasteiger partial charge >= 0.3 is 0 Å². The van der Waals surface area contributed by atoms with Gasteiger partial charge in [-0.05, 0) is 37.0 Å². The third-order valence-corrected chi connectivity index (χ3v) is 5.89. The fourth-order valence-electron chi connectivity index (χ4n) is 3.32. The molecule has 1 atom stereocenters. The molecule has 1 aromatic rings. The second-order valence-corrected chi connectivity index (χ2v) is 7.15. The van der Waals surface area contributed by atoms with Crippen molar-refractivity contribution >= 4 is 17.7 Å². The number of methoxy groups -OCH3 is 1. The first-order valence-corrected chi connectivity index (χ1v) is 9.21. The molecule has 2 heterocycles. The molecule has 1 aromatic carbocycles. The van der Waals surface area contributed by atoms with Crippen LogP contribution in [0.25, 0.3) is 0 Å². The molecule has 0 radical (unpaired) electrons. The normalized spacial score (nSPS) is 23.0. The molecule has 2 aliphatic rings. The summed E-state index contributed by atoms with van der Waals surface area (Å²) >= 11 is 1.74. The molecule has 22 heavy (non-hydrogen) atoms. The molecule has 0 aromatic heterocycles. The third-order valence-electron chi connectivity index (χ3n) is 4.64. The number of ether oxygens (including phenoxy) is 1. The number of piperidine rings is 1. The minimum absolute atomic E-state index is 0.169. The maximum absolute atomic E-state index is 12.2. The quantitative estimate of drug-likeness (QED) is 0.889. The Balaban J connectivity index is 1.63. The number of benzene rings is 1. The van der Waals surface area contributed by atoms with Gasteiger partial charge in [0.1, 0.15) is 11.1 Å². The van der Waals surface area contributed by atoms with E-state index in [0.717, 1.165) is 18.8 Å². The maximum atomic E-state index is 12.2. The molecule has 4 nitrogen and oxygen atoms in total. The predicted molar refractivity (Wildman–Crippen MR) is 89.3 cm³/mol. The van der Waals surface area contributed by atoms with Crippen LogP contribution in [0.2, 0.25) is 0 Å². The van der Waals surface area contributed by atoms with Crippen molar-refractivity contribution in [3.8, 4) is 5.75 Å². The number of thioether (sulfide) groups is 1. The summed E-state index contributed by atoms with van der Waals surface area (Å²) in [4.78, 5) is 15.9. The van der Waals surface area contributed by atoms with E-state index in [1.54, 1.807) is 23.8 Å². The van der Waals surface area contributed by atoms with Crippen LogP contribution < -0.4 is 9.64 Å². The van der Waals surface area contributed by atoms with Crippen molar-refractivity contribution in [2.75, 3.05) is 39.0 Å². The molecule has 1 N–H and O–H groups in total. The Hall–Kier alpha value is -1.20. The van der Waals surface area contributed by atoms with E-state index in [0.29, 0.717) is 5.75 Å². The van der Waals surface area contributed by atoms with E-state index in [2.05, 4.69) is 17.0 Å². The molecule has 0 spiro atoms. The fraction of sp³-hybridized carbons (Fsp3) is 0.588. The van der Waals surface area contributed by atoms with Gasteiger partial charge in [-0.2, -0.15) is 0 Å². The highest BCUT2D eigenvalue weighted by Gasteiger charge is 2.33. The van der Waals surface area contributed by atoms with E-state index in [1.807, 2.05) is 12.1 Å². The standard InChI is InChI=1S/C17H24N2O2S/c1-21-15-7-5-14(6-8-15)17-19(16(20)13-22-17)12-11-18-9-3-2-4-10-18/h5-8,17H,2-4,9-13H2,1H3/p+1/t17-/m1/s1. The first kappa shape index (κ1) is 15.7. The Kier molecular flexibility index (Phi) is 5.26. The first-order chi connectivity index (χ1) is 10.8. The number of rotatable bonds is 5. The summed E-state index contributed by atoms with van der Waals surface area (Å²) in [6, 6.07) is 8.12. The topological polar surface area (TPSA) is 34.0 Å². The maximum Gasteiger partial charge on any atom is 0.234 e. The molecule has 3 rings (SSSR count). The average Bonchev–Trinajstić information content (AvgIpc) is 2.95. The van der Waals surface area contributed by atoms with Gasteiger partial charge < -0.3 is 14.5 Å². The lowest BCUT2D eigenvalue weighted by molar-refractivity contribution is -0.904. The van der Waals surface area contributed by atoms with Crippen LogP contribution in [-0.2, 0) is 4.79 Å². The van der Waals surface area contributed by atoms with E-state index in [4.69, 9.17) is 4.74 Å². The Morgan fingerprint density at radius 3 is 2.64 bits per heavy atom. The molecular weight excluding hydrogens is 296 g/mol. The van der Waals surface area contributed by atoms with Gasteiger partial charge in [0.05, 0.1) is 39.0 Å². The molecule has 2 aliphatic heterocycles. The lowest BCUT2D eigenvalue weighted by Gasteiger charge is -2.28. The second kappa shape index (κ2) is 7.38. The zero-order chi connectivity index (χ0) is 15.4. The van der Waals surface area contributed by atoms with Gasteiger partial charge in [0.2, 0.25) is 5.91 Å². The van der Waals surface area contributed by atoms with Gasteiger partial charge in [-0.3, -0.25) is 4.79 Å². The van der Waals surface area contributed by atoms with E-state index >= 15 is 0 Å². The first-order valence-electron chi connectivity index (χ1n) is 8.16. The van der Waals surface area contributed by atoms with Gasteiger partial charge in [0.15, 0.2) is 0 Å². The highest BCUT2D eigenvalue weighted by Crippen LogP contribution is 2.38. The molecule has 120 valence electrons. The lowest BCUT2D eigenvalue weighted by Crippen LogP contribution is -3.13. The van der Waals surface area contributed by atoms with Crippen molar-refractivity contribution in [1.82, 2.24) is 4.90 Å². The van der Waals surface area contributed by atoms with Crippen molar-refractivity contribution in [2.24, 2.45) is 0 Å². The highest BCUT2D eigenvalue weighted by atomic mass is 32.2. The largest absolute Gasteiger partial charge is 0.497 e. The summed E-state index contributed by atoms with van der Waals surface area (Å²) < 4.78 is 5.22.